The van der Waals surface area contributed by atoms with Crippen molar-refractivity contribution >= 4 is 75.4 Å². The summed E-state index contributed by atoms with van der Waals surface area (Å²) in [6, 6.07) is 26.2. The lowest BCUT2D eigenvalue weighted by molar-refractivity contribution is 1.56. The molecule has 13 aromatic carbocycles. The molecule has 13 aromatic rings. The van der Waals surface area contributed by atoms with E-state index in [0.29, 0.717) is 33.4 Å². The van der Waals surface area contributed by atoms with Crippen LogP contribution in [0.25, 0.3) is 131 Å². The molecule has 0 aliphatic heterocycles. The van der Waals surface area contributed by atoms with Crippen molar-refractivity contribution in [1.29, 1.82) is 0 Å². The molecule has 0 aliphatic rings. The molecule has 60 heavy (non-hydrogen) atoms. The Morgan fingerprint density at radius 3 is 1.12 bits per heavy atom. The largest absolute Gasteiger partial charge is 0.0630 e. The number of rotatable bonds is 5. The van der Waals surface area contributed by atoms with Gasteiger partial charge in [-0.25, -0.2) is 0 Å². The predicted molar refractivity (Wildman–Crippen MR) is 259 cm³/mol. The fourth-order valence-electron chi connectivity index (χ4n) is 8.76. The summed E-state index contributed by atoms with van der Waals surface area (Å²) in [6.45, 7) is 0. The fraction of sp³-hybridized carbons (Fsp3) is 0. The lowest BCUT2D eigenvalue weighted by Gasteiger charge is -2.16. The quantitative estimate of drug-likeness (QED) is 0.153. The maximum atomic E-state index is 9.47. The monoisotopic (exact) mass is 774 g/mol. The highest BCUT2D eigenvalue weighted by Crippen LogP contribution is 2.43. The highest BCUT2D eigenvalue weighted by Gasteiger charge is 2.16. The van der Waals surface area contributed by atoms with E-state index < -0.39 is 96.7 Å². The van der Waals surface area contributed by atoms with Crippen LogP contribution in [-0.4, -0.2) is 0 Å². The van der Waals surface area contributed by atoms with Crippen molar-refractivity contribution < 1.29 is 24.7 Å². The van der Waals surface area contributed by atoms with E-state index in [-0.39, 0.29) is 87.8 Å². The van der Waals surface area contributed by atoms with Crippen molar-refractivity contribution in [3.8, 4) is 55.6 Å². The van der Waals surface area contributed by atoms with Crippen molar-refractivity contribution in [3.05, 3.63) is 218 Å². The molecular formula is C60H36. The number of hydrogen-bond donors (Lipinski definition) is 0. The summed E-state index contributed by atoms with van der Waals surface area (Å²) in [7, 11) is 0. The molecular weight excluding hydrogens is 721 g/mol. The van der Waals surface area contributed by atoms with Crippen molar-refractivity contribution in [3.63, 3.8) is 0 Å². The van der Waals surface area contributed by atoms with Gasteiger partial charge in [-0.3, -0.25) is 0 Å². The Bertz CT molecular complexity index is 4580. The summed E-state index contributed by atoms with van der Waals surface area (Å²) in [6.07, 6.45) is 0. The molecule has 0 aromatic heterocycles. The second-order valence-electron chi connectivity index (χ2n) is 15.0. The van der Waals surface area contributed by atoms with Gasteiger partial charge in [-0.15, -0.1) is 0 Å². The average molecular weight is 775 g/mol. The van der Waals surface area contributed by atoms with Gasteiger partial charge < -0.3 is 0 Å². The van der Waals surface area contributed by atoms with E-state index in [2.05, 4.69) is 6.07 Å². The van der Waals surface area contributed by atoms with Crippen LogP contribution in [0.15, 0.2) is 218 Å². The summed E-state index contributed by atoms with van der Waals surface area (Å²) >= 11 is 0. The Labute approximate surface area is 373 Å². The standard InChI is InChI=1S/C60H36/c1-2-8-44-31-47(22-17-37(44)7-1)52-35-50(45-13-5-15-48(32-45)53-27-23-42-20-18-38-9-3-11-40-25-29-55(53)59(42)57(38)40)34-51(36-52)46-14-6-16-49(33-46)54-28-24-43-21-19-39-10-4-12-41-26-30-56(54)60(43)58(39)41/h1-36H/i3D,4D,9D,10D,11D,12D,18D,19D,20D,21D,23D,24D,25D,26D,27D,28D,29D,30D. The van der Waals surface area contributed by atoms with Crippen LogP contribution in [0.4, 0.5) is 0 Å². The van der Waals surface area contributed by atoms with Crippen LogP contribution >= 0.6 is 0 Å². The van der Waals surface area contributed by atoms with E-state index in [1.54, 1.807) is 36.4 Å². The third-order valence-electron chi connectivity index (χ3n) is 11.6. The van der Waals surface area contributed by atoms with Gasteiger partial charge in [0.05, 0.1) is 24.7 Å². The van der Waals surface area contributed by atoms with Crippen LogP contribution in [0, 0.1) is 0 Å². The minimum Gasteiger partial charge on any atom is -0.0616 e. The Balaban J connectivity index is 1.06. The van der Waals surface area contributed by atoms with Crippen molar-refractivity contribution in [2.45, 2.75) is 0 Å². The Morgan fingerprint density at radius 2 is 0.617 bits per heavy atom. The summed E-state index contributed by atoms with van der Waals surface area (Å²) < 4.78 is 163. The van der Waals surface area contributed by atoms with E-state index in [4.69, 9.17) is 13.7 Å². The molecule has 0 bridgehead atoms. The van der Waals surface area contributed by atoms with Crippen LogP contribution in [-0.2, 0) is 0 Å². The number of hydrogen-bond acceptors (Lipinski definition) is 0. The van der Waals surface area contributed by atoms with Gasteiger partial charge in [0.25, 0.3) is 0 Å². The summed E-state index contributed by atoms with van der Waals surface area (Å²) in [5.74, 6) is 0. The maximum absolute atomic E-state index is 9.47. The first-order chi connectivity index (χ1) is 37.2. The third kappa shape index (κ3) is 5.11. The van der Waals surface area contributed by atoms with Crippen LogP contribution in [0.3, 0.4) is 0 Å². The van der Waals surface area contributed by atoms with Gasteiger partial charge in [-0.2, -0.15) is 0 Å². The first-order valence-electron chi connectivity index (χ1n) is 28.4. The fourth-order valence-corrected chi connectivity index (χ4v) is 8.76. The number of fused-ring (bicyclic) bond motifs is 1. The number of benzene rings is 13. The molecule has 0 fully saturated rings. The van der Waals surface area contributed by atoms with E-state index in [0.717, 1.165) is 21.9 Å². The van der Waals surface area contributed by atoms with Crippen LogP contribution in [0.1, 0.15) is 24.7 Å². The van der Waals surface area contributed by atoms with Crippen molar-refractivity contribution in [2.24, 2.45) is 0 Å². The molecule has 0 unspecified atom stereocenters. The van der Waals surface area contributed by atoms with Crippen LogP contribution < -0.4 is 0 Å². The Kier molecular flexibility index (Phi) is 4.34. The zero-order chi connectivity index (χ0) is 55.0. The second kappa shape index (κ2) is 12.9. The van der Waals surface area contributed by atoms with E-state index >= 15 is 0 Å². The molecule has 0 saturated carbocycles. The van der Waals surface area contributed by atoms with Crippen LogP contribution in [0.5, 0.6) is 0 Å². The van der Waals surface area contributed by atoms with Gasteiger partial charge in [0.15, 0.2) is 0 Å². The predicted octanol–water partition coefficient (Wildman–Crippen LogP) is 17.0. The molecule has 276 valence electrons. The topological polar surface area (TPSA) is 0 Å². The summed E-state index contributed by atoms with van der Waals surface area (Å²) in [4.78, 5) is 0. The molecule has 0 nitrogen and oxygen atoms in total. The Hall–Kier alpha value is -7.80. The lowest BCUT2D eigenvalue weighted by atomic mass is 9.87. The zero-order valence-corrected chi connectivity index (χ0v) is 31.4. The van der Waals surface area contributed by atoms with Gasteiger partial charge >= 0.3 is 0 Å². The lowest BCUT2D eigenvalue weighted by Crippen LogP contribution is -1.90. The molecule has 13 rings (SSSR count). The van der Waals surface area contributed by atoms with Gasteiger partial charge in [0, 0.05) is 0 Å². The first kappa shape index (κ1) is 20.3. The Morgan fingerprint density at radius 1 is 0.233 bits per heavy atom. The normalized spacial score (nSPS) is 16.2. The van der Waals surface area contributed by atoms with Crippen molar-refractivity contribution in [1.82, 2.24) is 0 Å². The van der Waals surface area contributed by atoms with E-state index in [9.17, 15) is 11.0 Å². The molecule has 0 heteroatoms. The highest BCUT2D eigenvalue weighted by atomic mass is 14.2. The minimum atomic E-state index is -0.552. The molecule has 0 spiro atoms. The zero-order valence-electron chi connectivity index (χ0n) is 49.4. The molecule has 0 N–H and O–H groups in total. The summed E-state index contributed by atoms with van der Waals surface area (Å²) in [5, 5.41) is 1.62. The summed E-state index contributed by atoms with van der Waals surface area (Å²) in [5.41, 5.74) is 5.27. The van der Waals surface area contributed by atoms with Crippen LogP contribution in [0.2, 0.25) is 0 Å². The second-order valence-corrected chi connectivity index (χ2v) is 15.0. The van der Waals surface area contributed by atoms with Gasteiger partial charge in [-0.05, 0) is 167 Å². The average Bonchev–Trinajstić information content (AvgIpc) is 2.51. The highest BCUT2D eigenvalue weighted by molar-refractivity contribution is 6.26. The molecule has 0 saturated heterocycles. The van der Waals surface area contributed by atoms with E-state index in [1.165, 1.54) is 0 Å². The molecule has 0 heterocycles. The van der Waals surface area contributed by atoms with Gasteiger partial charge in [0.1, 0.15) is 0 Å². The molecule has 0 aliphatic carbocycles. The minimum absolute atomic E-state index is 0.0448. The van der Waals surface area contributed by atoms with Gasteiger partial charge in [-0.1, -0.05) is 182 Å². The van der Waals surface area contributed by atoms with Crippen molar-refractivity contribution in [2.75, 3.05) is 0 Å². The first-order valence-corrected chi connectivity index (χ1v) is 19.4. The maximum Gasteiger partial charge on any atom is 0.0630 e. The SMILES string of the molecule is [2H]c1c([2H])c2c([2H])c([2H])c3c([2H])c([2H])c(-c4cccc(-c5cc(-c6cccc(-c7c([2H])c([2H])c8c([2H])c([2H])c9c([2H])c([2H])c([2H])c%10c([2H])c([2H])c7c8c9%10)c6)cc(-c6ccc7ccccc7c6)c5)c4)c4c([2H])c([2H])c(c1[2H])c2c34. The molecule has 0 atom stereocenters. The van der Waals surface area contributed by atoms with Gasteiger partial charge in [0.2, 0.25) is 0 Å². The molecule has 0 amide bonds. The smallest absolute Gasteiger partial charge is 0.0616 e. The molecule has 0 radical (unpaired) electrons. The van der Waals surface area contributed by atoms with E-state index in [1.807, 2.05) is 66.7 Å². The third-order valence-corrected chi connectivity index (χ3v) is 11.6.